The van der Waals surface area contributed by atoms with Crippen LogP contribution in [0.15, 0.2) is 54.6 Å². The van der Waals surface area contributed by atoms with Crippen LogP contribution in [0.5, 0.6) is 0 Å². The molecule has 0 saturated heterocycles. The first-order valence-corrected chi connectivity index (χ1v) is 8.37. The first kappa shape index (κ1) is 19.7. The van der Waals surface area contributed by atoms with Crippen LogP contribution in [0.3, 0.4) is 0 Å². The molecule has 0 radical (unpaired) electrons. The van der Waals surface area contributed by atoms with Crippen molar-refractivity contribution in [2.75, 3.05) is 0 Å². The summed E-state index contributed by atoms with van der Waals surface area (Å²) >= 11 is 0. The van der Waals surface area contributed by atoms with Crippen molar-refractivity contribution in [1.82, 2.24) is 0 Å². The van der Waals surface area contributed by atoms with Crippen LogP contribution in [0.4, 0.5) is 0 Å². The lowest BCUT2D eigenvalue weighted by Gasteiger charge is -2.08. The minimum Gasteiger partial charge on any atom is -0.481 e. The molecule has 1 unspecified atom stereocenters. The van der Waals surface area contributed by atoms with Gasteiger partial charge in [0.25, 0.3) is 0 Å². The molecule has 0 aliphatic heterocycles. The Kier molecular flexibility index (Phi) is 7.00. The molecule has 2 aromatic carbocycles. The van der Waals surface area contributed by atoms with E-state index in [-0.39, 0.29) is 5.78 Å². The zero-order chi connectivity index (χ0) is 18.3. The van der Waals surface area contributed by atoms with Crippen molar-refractivity contribution in [1.29, 1.82) is 0 Å². The second-order valence-electron chi connectivity index (χ2n) is 4.89. The van der Waals surface area contributed by atoms with Crippen LogP contribution in [0.1, 0.15) is 34.3 Å². The molecule has 128 valence electrons. The number of carboxylic acid groups (broad SMARTS) is 1. The highest BCUT2D eigenvalue weighted by Gasteiger charge is 2.16. The molecular formula is C16H17O7P. The number of rotatable bonds is 4. The van der Waals surface area contributed by atoms with Gasteiger partial charge in [-0.1, -0.05) is 48.5 Å². The Balaban J connectivity index is 0.000000505. The molecule has 0 amide bonds. The molecule has 1 atom stereocenters. The predicted octanol–water partition coefficient (Wildman–Crippen LogP) is 2.18. The average Bonchev–Trinajstić information content (AvgIpc) is 2.52. The van der Waals surface area contributed by atoms with Gasteiger partial charge >= 0.3 is 13.8 Å². The van der Waals surface area contributed by atoms with Gasteiger partial charge < -0.3 is 19.8 Å². The predicted molar refractivity (Wildman–Crippen MR) is 86.6 cm³/mol. The van der Waals surface area contributed by atoms with E-state index in [0.29, 0.717) is 16.7 Å². The third-order valence-electron chi connectivity index (χ3n) is 3.06. The van der Waals surface area contributed by atoms with E-state index in [0.717, 1.165) is 0 Å². The molecule has 4 N–H and O–H groups in total. The number of hydrogen-bond donors (Lipinski definition) is 4. The van der Waals surface area contributed by atoms with Gasteiger partial charge in [-0.3, -0.25) is 9.59 Å². The molecule has 0 spiro atoms. The van der Waals surface area contributed by atoms with Crippen molar-refractivity contribution in [2.45, 2.75) is 12.8 Å². The lowest BCUT2D eigenvalue weighted by atomic mass is 9.96. The Labute approximate surface area is 138 Å². The third kappa shape index (κ3) is 6.85. The quantitative estimate of drug-likeness (QED) is 0.490. The van der Waals surface area contributed by atoms with E-state index in [1.54, 1.807) is 55.5 Å². The molecule has 0 aliphatic rings. The highest BCUT2D eigenvalue weighted by Crippen LogP contribution is 2.25. The summed E-state index contributed by atoms with van der Waals surface area (Å²) in [5.41, 5.74) is 1.74. The topological polar surface area (TPSA) is 132 Å². The molecule has 7 nitrogen and oxygen atoms in total. The van der Waals surface area contributed by atoms with Crippen molar-refractivity contribution in [3.8, 4) is 0 Å². The first-order valence-electron chi connectivity index (χ1n) is 6.80. The van der Waals surface area contributed by atoms with Gasteiger partial charge in [0, 0.05) is 11.1 Å². The van der Waals surface area contributed by atoms with Gasteiger partial charge in [-0.05, 0) is 18.6 Å². The molecule has 0 aliphatic carbocycles. The van der Waals surface area contributed by atoms with Crippen LogP contribution in [-0.2, 0) is 9.36 Å². The summed E-state index contributed by atoms with van der Waals surface area (Å²) < 4.78 is 8.88. The average molecular weight is 352 g/mol. The summed E-state index contributed by atoms with van der Waals surface area (Å²) in [5.74, 6) is -1.62. The largest absolute Gasteiger partial charge is 0.481 e. The van der Waals surface area contributed by atoms with Crippen molar-refractivity contribution in [2.24, 2.45) is 0 Å². The van der Waals surface area contributed by atoms with Crippen LogP contribution in [0, 0.1) is 0 Å². The minimum absolute atomic E-state index is 0.0972. The van der Waals surface area contributed by atoms with E-state index in [1.165, 1.54) is 0 Å². The lowest BCUT2D eigenvalue weighted by molar-refractivity contribution is -0.138. The maximum absolute atomic E-state index is 12.2. The molecular weight excluding hydrogens is 335 g/mol. The van der Waals surface area contributed by atoms with E-state index in [2.05, 4.69) is 0 Å². The van der Waals surface area contributed by atoms with Crippen LogP contribution in [-0.4, -0.2) is 31.5 Å². The van der Waals surface area contributed by atoms with Crippen molar-refractivity contribution < 1.29 is 33.9 Å². The maximum Gasteiger partial charge on any atom is 0.466 e. The van der Waals surface area contributed by atoms with E-state index >= 15 is 0 Å². The van der Waals surface area contributed by atoms with Crippen molar-refractivity contribution in [3.05, 3.63) is 71.3 Å². The monoisotopic (exact) mass is 352 g/mol. The van der Waals surface area contributed by atoms with Gasteiger partial charge in [0.2, 0.25) is 0 Å². The van der Waals surface area contributed by atoms with Crippen molar-refractivity contribution >= 4 is 19.6 Å². The maximum atomic E-state index is 12.2. The summed E-state index contributed by atoms with van der Waals surface area (Å²) in [5, 5.41) is 9.00. The summed E-state index contributed by atoms with van der Waals surface area (Å²) in [4.78, 5) is 44.8. The molecule has 0 fully saturated rings. The third-order valence-corrected chi connectivity index (χ3v) is 3.06. The van der Waals surface area contributed by atoms with E-state index in [9.17, 15) is 9.59 Å². The SMILES string of the molecule is CC(C(=O)O)c1cccc(C(=O)c2ccccc2)c1.O=P(O)(O)O. The summed E-state index contributed by atoms with van der Waals surface area (Å²) in [6.45, 7) is 1.61. The van der Waals surface area contributed by atoms with Gasteiger partial charge in [-0.15, -0.1) is 0 Å². The molecule has 0 heterocycles. The van der Waals surface area contributed by atoms with Gasteiger partial charge in [-0.25, -0.2) is 4.57 Å². The van der Waals surface area contributed by atoms with Gasteiger partial charge in [0.1, 0.15) is 0 Å². The number of aliphatic carboxylic acids is 1. The molecule has 2 rings (SSSR count). The molecule has 24 heavy (non-hydrogen) atoms. The highest BCUT2D eigenvalue weighted by molar-refractivity contribution is 7.45. The summed E-state index contributed by atoms with van der Waals surface area (Å²) in [6, 6.07) is 15.7. The second kappa shape index (κ2) is 8.52. The number of hydrogen-bond acceptors (Lipinski definition) is 3. The Morgan fingerprint density at radius 1 is 0.917 bits per heavy atom. The van der Waals surface area contributed by atoms with Crippen LogP contribution >= 0.6 is 7.82 Å². The zero-order valence-corrected chi connectivity index (χ0v) is 13.6. The lowest BCUT2D eigenvalue weighted by Crippen LogP contribution is -2.09. The Bertz CT molecular complexity index is 744. The van der Waals surface area contributed by atoms with E-state index in [1.807, 2.05) is 6.07 Å². The number of carboxylic acids is 1. The van der Waals surface area contributed by atoms with Gasteiger partial charge in [-0.2, -0.15) is 0 Å². The number of benzene rings is 2. The number of carbonyl (C=O) groups excluding carboxylic acids is 1. The second-order valence-corrected chi connectivity index (χ2v) is 5.92. The van der Waals surface area contributed by atoms with Gasteiger partial charge in [0.05, 0.1) is 5.92 Å². The molecule has 8 heteroatoms. The highest BCUT2D eigenvalue weighted by atomic mass is 31.2. The van der Waals surface area contributed by atoms with Crippen LogP contribution < -0.4 is 0 Å². The fraction of sp³-hybridized carbons (Fsp3) is 0.125. The fourth-order valence-corrected chi connectivity index (χ4v) is 1.85. The fourth-order valence-electron chi connectivity index (χ4n) is 1.85. The number of phosphoric acid groups is 1. The first-order chi connectivity index (χ1) is 11.1. The van der Waals surface area contributed by atoms with Crippen LogP contribution in [0.2, 0.25) is 0 Å². The Morgan fingerprint density at radius 3 is 1.92 bits per heavy atom. The number of carbonyl (C=O) groups is 2. The standard InChI is InChI=1S/C16H14O3.H3O4P/c1-11(16(18)19)13-8-5-9-14(10-13)15(17)12-6-3-2-4-7-12;1-5(2,3)4/h2-11H,1H3,(H,18,19);(H3,1,2,3,4). The molecule has 0 aromatic heterocycles. The minimum atomic E-state index is -4.64. The summed E-state index contributed by atoms with van der Waals surface area (Å²) in [6.07, 6.45) is 0. The Hall–Kier alpha value is -2.31. The molecule has 0 bridgehead atoms. The van der Waals surface area contributed by atoms with E-state index < -0.39 is 19.7 Å². The van der Waals surface area contributed by atoms with E-state index in [4.69, 9.17) is 24.4 Å². The van der Waals surface area contributed by atoms with Gasteiger partial charge in [0.15, 0.2) is 5.78 Å². The normalized spacial score (nSPS) is 11.8. The van der Waals surface area contributed by atoms with Crippen molar-refractivity contribution in [3.63, 3.8) is 0 Å². The molecule has 2 aromatic rings. The zero-order valence-electron chi connectivity index (χ0n) is 12.7. The molecule has 0 saturated carbocycles. The summed E-state index contributed by atoms with van der Waals surface area (Å²) in [7, 11) is -4.64. The van der Waals surface area contributed by atoms with Crippen LogP contribution in [0.25, 0.3) is 0 Å². The Morgan fingerprint density at radius 2 is 1.42 bits per heavy atom. The smallest absolute Gasteiger partial charge is 0.466 e. The number of ketones is 1.